The van der Waals surface area contributed by atoms with Crippen LogP contribution in [0.4, 0.5) is 0 Å². The first-order valence-electron chi connectivity index (χ1n) is 13.2. The summed E-state index contributed by atoms with van der Waals surface area (Å²) in [5, 5.41) is 15.9. The van der Waals surface area contributed by atoms with Crippen LogP contribution in [0.15, 0.2) is 97.7 Å². The molecule has 0 spiro atoms. The van der Waals surface area contributed by atoms with Gasteiger partial charge in [0.15, 0.2) is 0 Å². The minimum Gasteiger partial charge on any atom is -0.508 e. The highest BCUT2D eigenvalue weighted by Gasteiger charge is 2.44. The number of benzene rings is 4. The maximum atomic E-state index is 10.4. The monoisotopic (exact) mass is 486 g/mol. The van der Waals surface area contributed by atoms with Crippen molar-refractivity contribution in [2.24, 2.45) is 11.8 Å². The summed E-state index contributed by atoms with van der Waals surface area (Å²) in [6, 6.07) is 26.9. The van der Waals surface area contributed by atoms with Crippen LogP contribution in [0.1, 0.15) is 24.5 Å². The maximum absolute atomic E-state index is 10.4. The molecule has 4 aromatic carbocycles. The third kappa shape index (κ3) is 3.75. The molecule has 0 aliphatic carbocycles. The number of hydrogen-bond acceptors (Lipinski definition) is 4. The van der Waals surface area contributed by atoms with Gasteiger partial charge in [-0.25, -0.2) is 0 Å². The van der Waals surface area contributed by atoms with Crippen LogP contribution in [0.3, 0.4) is 0 Å². The van der Waals surface area contributed by atoms with Gasteiger partial charge in [0, 0.05) is 34.5 Å². The Morgan fingerprint density at radius 1 is 0.946 bits per heavy atom. The Kier molecular flexibility index (Phi) is 5.37. The quantitative estimate of drug-likeness (QED) is 0.210. The molecule has 3 fully saturated rings. The molecule has 0 radical (unpaired) electrons. The lowest BCUT2D eigenvalue weighted by Gasteiger charge is -2.51. The zero-order valence-corrected chi connectivity index (χ0v) is 20.8. The van der Waals surface area contributed by atoms with Gasteiger partial charge >= 0.3 is 0 Å². The van der Waals surface area contributed by atoms with Crippen molar-refractivity contribution in [3.8, 4) is 11.5 Å². The molecule has 37 heavy (non-hydrogen) atoms. The third-order valence-corrected chi connectivity index (χ3v) is 8.54. The molecule has 4 heterocycles. The number of aromatic nitrogens is 1. The third-order valence-electron chi connectivity index (χ3n) is 8.54. The smallest absolute Gasteiger partial charge is 0.140 e. The number of rotatable bonds is 5. The number of hydrogen-bond donors (Lipinski definition) is 1. The molecule has 4 heteroatoms. The molecule has 2 bridgehead atoms. The van der Waals surface area contributed by atoms with E-state index in [4.69, 9.17) is 4.74 Å². The van der Waals surface area contributed by atoms with Crippen molar-refractivity contribution in [1.82, 2.24) is 9.88 Å². The van der Waals surface area contributed by atoms with Crippen LogP contribution in [-0.2, 0) is 0 Å². The van der Waals surface area contributed by atoms with Crippen molar-refractivity contribution >= 4 is 32.4 Å². The second kappa shape index (κ2) is 8.89. The normalized spacial score (nSPS) is 23.9. The largest absolute Gasteiger partial charge is 0.508 e. The van der Waals surface area contributed by atoms with Gasteiger partial charge in [-0.3, -0.25) is 9.88 Å². The average molecular weight is 487 g/mol. The number of pyridine rings is 1. The predicted molar refractivity (Wildman–Crippen MR) is 150 cm³/mol. The number of fused-ring (bicyclic) bond motifs is 6. The van der Waals surface area contributed by atoms with Crippen molar-refractivity contribution in [1.29, 1.82) is 0 Å². The second-order valence-corrected chi connectivity index (χ2v) is 10.5. The van der Waals surface area contributed by atoms with Gasteiger partial charge in [0.05, 0.1) is 11.6 Å². The number of nitrogens with zero attached hydrogens (tertiary/aromatic N) is 2. The fourth-order valence-corrected chi connectivity index (χ4v) is 6.67. The van der Waals surface area contributed by atoms with Crippen molar-refractivity contribution in [3.63, 3.8) is 0 Å². The van der Waals surface area contributed by atoms with E-state index in [0.717, 1.165) is 52.5 Å². The zero-order valence-electron chi connectivity index (χ0n) is 20.8. The molecule has 0 saturated carbocycles. The molecular formula is C33H30N2O2. The molecule has 5 atom stereocenters. The highest BCUT2D eigenvalue weighted by molar-refractivity contribution is 6.05. The first-order valence-corrected chi connectivity index (χ1v) is 13.2. The van der Waals surface area contributed by atoms with Crippen LogP contribution >= 0.6 is 0 Å². The van der Waals surface area contributed by atoms with E-state index in [1.807, 2.05) is 18.3 Å². The van der Waals surface area contributed by atoms with Crippen molar-refractivity contribution in [3.05, 3.63) is 103 Å². The van der Waals surface area contributed by atoms with E-state index in [0.29, 0.717) is 11.8 Å². The minimum atomic E-state index is -0.213. The summed E-state index contributed by atoms with van der Waals surface area (Å²) in [6.07, 6.45) is 6.06. The van der Waals surface area contributed by atoms with Crippen molar-refractivity contribution in [2.75, 3.05) is 13.1 Å². The molecule has 5 aromatic rings. The number of phenols is 1. The lowest BCUT2D eigenvalue weighted by molar-refractivity contribution is -0.0349. The average Bonchev–Trinajstić information content (AvgIpc) is 2.95. The summed E-state index contributed by atoms with van der Waals surface area (Å²) in [7, 11) is 0. The molecule has 8 rings (SSSR count). The zero-order chi connectivity index (χ0) is 24.9. The van der Waals surface area contributed by atoms with E-state index < -0.39 is 0 Å². The Morgan fingerprint density at radius 2 is 1.70 bits per heavy atom. The first-order chi connectivity index (χ1) is 18.2. The van der Waals surface area contributed by atoms with Gasteiger partial charge in [0.25, 0.3) is 0 Å². The summed E-state index contributed by atoms with van der Waals surface area (Å²) < 4.78 is 7.26. The topological polar surface area (TPSA) is 45.6 Å². The van der Waals surface area contributed by atoms with E-state index in [1.165, 1.54) is 17.2 Å². The Labute approximate surface area is 216 Å². The van der Waals surface area contributed by atoms with Gasteiger partial charge < -0.3 is 9.84 Å². The fourth-order valence-electron chi connectivity index (χ4n) is 6.67. The highest BCUT2D eigenvalue weighted by Crippen LogP contribution is 2.46. The lowest BCUT2D eigenvalue weighted by atomic mass is 9.73. The highest BCUT2D eigenvalue weighted by atomic mass is 16.5. The molecule has 184 valence electrons. The van der Waals surface area contributed by atoms with Crippen LogP contribution in [0.5, 0.6) is 11.5 Å². The Bertz CT molecular complexity index is 1590. The van der Waals surface area contributed by atoms with E-state index >= 15 is 0 Å². The molecule has 1 aromatic heterocycles. The predicted octanol–water partition coefficient (Wildman–Crippen LogP) is 7.26. The van der Waals surface area contributed by atoms with Crippen LogP contribution in [0.25, 0.3) is 32.4 Å². The Hall–Kier alpha value is -3.89. The van der Waals surface area contributed by atoms with Gasteiger partial charge in [0.2, 0.25) is 0 Å². The summed E-state index contributed by atoms with van der Waals surface area (Å²) in [5.74, 6) is 2.31. The summed E-state index contributed by atoms with van der Waals surface area (Å²) >= 11 is 0. The van der Waals surface area contributed by atoms with Crippen LogP contribution in [0.2, 0.25) is 0 Å². The van der Waals surface area contributed by atoms with E-state index in [2.05, 4.69) is 83.2 Å². The van der Waals surface area contributed by atoms with Crippen LogP contribution < -0.4 is 4.74 Å². The van der Waals surface area contributed by atoms with Gasteiger partial charge in [-0.05, 0) is 72.3 Å². The standard InChI is InChI=1S/C33H30N2O2/c1-2-21-20-35-16-14-22(21)18-31(35)33(28-13-15-34-30-12-11-25(36)19-29(28)30)37-32-26-9-5-3-7-23(26)17-24-8-4-6-10-27(24)32/h2-13,15,17,19,21-22,31,33,36H,1,14,16,18,20H2/t21?,22?,31?,33-/m0/s1. The Morgan fingerprint density at radius 3 is 2.41 bits per heavy atom. The molecule has 4 unspecified atom stereocenters. The van der Waals surface area contributed by atoms with Gasteiger partial charge in [-0.2, -0.15) is 0 Å². The summed E-state index contributed by atoms with van der Waals surface area (Å²) in [6.45, 7) is 6.21. The molecule has 0 amide bonds. The molecule has 3 aliphatic rings. The second-order valence-electron chi connectivity index (χ2n) is 10.5. The lowest BCUT2D eigenvalue weighted by Crippen LogP contribution is -2.55. The van der Waals surface area contributed by atoms with E-state index in [1.54, 1.807) is 6.07 Å². The first kappa shape index (κ1) is 22.3. The van der Waals surface area contributed by atoms with Crippen LogP contribution in [0, 0.1) is 11.8 Å². The maximum Gasteiger partial charge on any atom is 0.140 e. The van der Waals surface area contributed by atoms with Crippen molar-refractivity contribution < 1.29 is 9.84 Å². The number of aromatic hydroxyl groups is 1. The summed E-state index contributed by atoms with van der Waals surface area (Å²) in [5.41, 5.74) is 1.94. The summed E-state index contributed by atoms with van der Waals surface area (Å²) in [4.78, 5) is 7.19. The number of piperidine rings is 3. The van der Waals surface area contributed by atoms with Gasteiger partial charge in [-0.15, -0.1) is 6.58 Å². The Balaban J connectivity index is 1.44. The molecular weight excluding hydrogens is 456 g/mol. The molecule has 4 nitrogen and oxygen atoms in total. The van der Waals surface area contributed by atoms with Crippen molar-refractivity contribution in [2.45, 2.75) is 25.0 Å². The van der Waals surface area contributed by atoms with Gasteiger partial charge in [0.1, 0.15) is 17.6 Å². The number of phenolic OH excluding ortho intramolecular Hbond substituents is 1. The van der Waals surface area contributed by atoms with E-state index in [-0.39, 0.29) is 17.9 Å². The van der Waals surface area contributed by atoms with Gasteiger partial charge in [-0.1, -0.05) is 54.6 Å². The molecule has 3 aliphatic heterocycles. The minimum absolute atomic E-state index is 0.213. The molecule has 3 saturated heterocycles. The number of ether oxygens (including phenoxy) is 1. The van der Waals surface area contributed by atoms with Crippen LogP contribution in [-0.4, -0.2) is 34.1 Å². The SMILES string of the molecule is C=CC1CN2CCC1CC2[C@@H](Oc1c2ccccc2cc2ccccc12)c1ccnc2ccc(O)cc12. The van der Waals surface area contributed by atoms with E-state index in [9.17, 15) is 5.11 Å². The fraction of sp³-hybridized carbons (Fsp3) is 0.242. The molecule has 1 N–H and O–H groups in total.